The van der Waals surface area contributed by atoms with Crippen LogP contribution in [0, 0.1) is 0 Å². The van der Waals surface area contributed by atoms with Gasteiger partial charge in [0.05, 0.1) is 25.4 Å². The van der Waals surface area contributed by atoms with Crippen molar-refractivity contribution in [3.63, 3.8) is 0 Å². The molecule has 1 saturated heterocycles. The lowest BCUT2D eigenvalue weighted by Gasteiger charge is -2.40. The Labute approximate surface area is 504 Å². The fourth-order valence-electron chi connectivity index (χ4n) is 10.3. The second-order valence-corrected chi connectivity index (χ2v) is 23.2. The van der Waals surface area contributed by atoms with E-state index in [1.165, 1.54) is 154 Å². The molecule has 0 spiro atoms. The summed E-state index contributed by atoms with van der Waals surface area (Å²) >= 11 is 0. The Morgan fingerprint density at radius 3 is 1.12 bits per heavy atom. The van der Waals surface area contributed by atoms with Crippen LogP contribution in [-0.4, -0.2) is 87.5 Å². The molecule has 82 heavy (non-hydrogen) atoms. The molecule has 7 unspecified atom stereocenters. The van der Waals surface area contributed by atoms with Gasteiger partial charge in [-0.3, -0.25) is 4.79 Å². The lowest BCUT2D eigenvalue weighted by molar-refractivity contribution is -0.302. The number of aliphatic hydroxyl groups excluding tert-OH is 5. The van der Waals surface area contributed by atoms with Gasteiger partial charge in [0.2, 0.25) is 5.91 Å². The molecule has 0 saturated carbocycles. The van der Waals surface area contributed by atoms with Crippen LogP contribution in [0.1, 0.15) is 290 Å². The number of amides is 1. The summed E-state index contributed by atoms with van der Waals surface area (Å²) < 4.78 is 11.4. The molecule has 1 fully saturated rings. The fourth-order valence-corrected chi connectivity index (χ4v) is 10.3. The molecule has 0 aromatic rings. The number of carbonyl (C=O) groups is 1. The molecule has 7 atom stereocenters. The number of unbranched alkanes of at least 4 members (excludes halogenated alkanes) is 30. The van der Waals surface area contributed by atoms with E-state index in [1.807, 2.05) is 0 Å². The maximum atomic E-state index is 13.1. The van der Waals surface area contributed by atoms with E-state index in [0.717, 1.165) is 109 Å². The number of ether oxygens (including phenoxy) is 2. The summed E-state index contributed by atoms with van der Waals surface area (Å²) in [5.74, 6) is -0.156. The van der Waals surface area contributed by atoms with E-state index in [4.69, 9.17) is 9.47 Å². The second kappa shape index (κ2) is 61.0. The number of hydrogen-bond acceptors (Lipinski definition) is 8. The first-order valence-electron chi connectivity index (χ1n) is 34.1. The highest BCUT2D eigenvalue weighted by molar-refractivity contribution is 5.76. The number of rotatable bonds is 58. The van der Waals surface area contributed by atoms with E-state index in [9.17, 15) is 30.3 Å². The van der Waals surface area contributed by atoms with Crippen LogP contribution in [0.2, 0.25) is 0 Å². The SMILES string of the molecule is CC/C=C\C/C=C\C/C=C\C/C=C\C/C=C\C/C=C\C/C=C\C/C=C\C/C=C\CCCCCCCCCC(=O)NC(COC1OC(CO)C(O)C(O)C1O)C(O)CCCCCCCCCCCCCCCCCCCCCCCCCC. The van der Waals surface area contributed by atoms with Gasteiger partial charge in [0.15, 0.2) is 6.29 Å². The van der Waals surface area contributed by atoms with Crippen molar-refractivity contribution in [3.05, 3.63) is 109 Å². The summed E-state index contributed by atoms with van der Waals surface area (Å²) in [5, 5.41) is 54.9. The Bertz CT molecular complexity index is 1660. The molecule has 9 nitrogen and oxygen atoms in total. The zero-order valence-electron chi connectivity index (χ0n) is 52.7. The predicted octanol–water partition coefficient (Wildman–Crippen LogP) is 18.5. The summed E-state index contributed by atoms with van der Waals surface area (Å²) in [7, 11) is 0. The molecule has 1 amide bonds. The van der Waals surface area contributed by atoms with Gasteiger partial charge in [-0.05, 0) is 83.5 Å². The third-order valence-corrected chi connectivity index (χ3v) is 15.6. The van der Waals surface area contributed by atoms with Crippen LogP contribution < -0.4 is 5.32 Å². The largest absolute Gasteiger partial charge is 0.394 e. The molecule has 0 aromatic carbocycles. The van der Waals surface area contributed by atoms with E-state index in [0.29, 0.717) is 12.8 Å². The highest BCUT2D eigenvalue weighted by Crippen LogP contribution is 2.23. The number of hydrogen-bond donors (Lipinski definition) is 6. The Balaban J connectivity index is 2.17. The van der Waals surface area contributed by atoms with Crippen molar-refractivity contribution >= 4 is 5.91 Å². The molecule has 0 aliphatic carbocycles. The number of allylic oxidation sites excluding steroid dienone is 18. The number of carbonyl (C=O) groups excluding carboxylic acids is 1. The van der Waals surface area contributed by atoms with Crippen molar-refractivity contribution in [2.75, 3.05) is 13.2 Å². The monoisotopic (exact) mass is 1150 g/mol. The van der Waals surface area contributed by atoms with Gasteiger partial charge in [0.1, 0.15) is 24.4 Å². The van der Waals surface area contributed by atoms with Gasteiger partial charge >= 0.3 is 0 Å². The highest BCUT2D eigenvalue weighted by atomic mass is 16.7. The molecule has 0 radical (unpaired) electrons. The zero-order chi connectivity index (χ0) is 59.3. The van der Waals surface area contributed by atoms with Gasteiger partial charge < -0.3 is 40.3 Å². The first kappa shape index (κ1) is 76.9. The van der Waals surface area contributed by atoms with E-state index >= 15 is 0 Å². The average Bonchev–Trinajstić information content (AvgIpc) is 3.52. The summed E-state index contributed by atoms with van der Waals surface area (Å²) in [5.41, 5.74) is 0. The third kappa shape index (κ3) is 49.1. The van der Waals surface area contributed by atoms with Crippen molar-refractivity contribution in [2.45, 2.75) is 333 Å². The maximum absolute atomic E-state index is 13.1. The number of nitrogens with one attached hydrogen (secondary N) is 1. The van der Waals surface area contributed by atoms with Gasteiger partial charge in [0, 0.05) is 6.42 Å². The molecular weight excluding hydrogens is 1020 g/mol. The minimum atomic E-state index is -1.56. The summed E-state index contributed by atoms with van der Waals surface area (Å²) in [6, 6.07) is -0.734. The van der Waals surface area contributed by atoms with Crippen molar-refractivity contribution in [2.24, 2.45) is 0 Å². The molecule has 6 N–H and O–H groups in total. The molecular formula is C73H127NO8. The minimum Gasteiger partial charge on any atom is -0.394 e. The summed E-state index contributed by atoms with van der Waals surface area (Å²) in [4.78, 5) is 13.1. The van der Waals surface area contributed by atoms with Crippen LogP contribution >= 0.6 is 0 Å². The van der Waals surface area contributed by atoms with Gasteiger partial charge in [-0.25, -0.2) is 0 Å². The first-order chi connectivity index (χ1) is 40.3. The van der Waals surface area contributed by atoms with Crippen molar-refractivity contribution in [3.8, 4) is 0 Å². The lowest BCUT2D eigenvalue weighted by Crippen LogP contribution is -2.60. The quantitative estimate of drug-likeness (QED) is 0.0261. The molecule has 1 heterocycles. The zero-order valence-corrected chi connectivity index (χ0v) is 52.7. The standard InChI is InChI=1S/C73H127NO8/c1-3-5-7-9-11-13-15-17-19-21-23-25-27-29-30-31-32-33-34-35-36-37-38-39-41-43-45-47-49-51-53-55-57-59-61-63-69(77)74-66(65-81-73-72(80)71(79)70(78)68(64-75)82-73)67(76)62-60-58-56-54-52-50-48-46-44-42-40-28-26-24-22-20-18-16-14-12-10-8-6-4-2/h5,7,11,13,17,19,23,25,29-30,32-33,35-36,38-39,43,45,66-68,70-73,75-76,78-80H,3-4,6,8-10,12,14-16,18,20-22,24,26-28,31,34,37,40-42,44,46-65H2,1-2H3,(H,74,77)/b7-5-,13-11-,19-17-,25-23-,30-29-,33-32-,36-35-,39-38-,45-43-. The normalized spacial score (nSPS) is 19.0. The Hall–Kier alpha value is -3.15. The van der Waals surface area contributed by atoms with Crippen molar-refractivity contribution in [1.29, 1.82) is 0 Å². The van der Waals surface area contributed by atoms with Gasteiger partial charge in [0.25, 0.3) is 0 Å². The molecule has 9 heteroatoms. The smallest absolute Gasteiger partial charge is 0.220 e. The first-order valence-corrected chi connectivity index (χ1v) is 34.1. The summed E-state index contributed by atoms with van der Waals surface area (Å²) in [6.07, 6.45) is 82.8. The highest BCUT2D eigenvalue weighted by Gasteiger charge is 2.44. The second-order valence-electron chi connectivity index (χ2n) is 23.2. The van der Waals surface area contributed by atoms with E-state index in [1.54, 1.807) is 0 Å². The predicted molar refractivity (Wildman–Crippen MR) is 350 cm³/mol. The molecule has 0 aromatic heterocycles. The van der Waals surface area contributed by atoms with Crippen LogP contribution in [-0.2, 0) is 14.3 Å². The van der Waals surface area contributed by atoms with Crippen molar-refractivity contribution in [1.82, 2.24) is 5.32 Å². The molecule has 1 aliphatic rings. The van der Waals surface area contributed by atoms with E-state index < -0.39 is 49.5 Å². The average molecular weight is 1150 g/mol. The minimum absolute atomic E-state index is 0.147. The van der Waals surface area contributed by atoms with Gasteiger partial charge in [-0.2, -0.15) is 0 Å². The van der Waals surface area contributed by atoms with Crippen LogP contribution in [0.3, 0.4) is 0 Å². The molecule has 0 bridgehead atoms. The Morgan fingerprint density at radius 1 is 0.427 bits per heavy atom. The van der Waals surface area contributed by atoms with E-state index in [-0.39, 0.29) is 12.5 Å². The van der Waals surface area contributed by atoms with E-state index in [2.05, 4.69) is 129 Å². The molecule has 1 rings (SSSR count). The van der Waals surface area contributed by atoms with Gasteiger partial charge in [-0.1, -0.05) is 309 Å². The molecule has 1 aliphatic heterocycles. The van der Waals surface area contributed by atoms with Crippen LogP contribution in [0.4, 0.5) is 0 Å². The topological polar surface area (TPSA) is 149 Å². The summed E-state index contributed by atoms with van der Waals surface area (Å²) in [6.45, 7) is 3.74. The fraction of sp³-hybridized carbons (Fsp3) is 0.740. The van der Waals surface area contributed by atoms with Crippen LogP contribution in [0.25, 0.3) is 0 Å². The van der Waals surface area contributed by atoms with Crippen LogP contribution in [0.5, 0.6) is 0 Å². The van der Waals surface area contributed by atoms with Crippen molar-refractivity contribution < 1.29 is 39.8 Å². The maximum Gasteiger partial charge on any atom is 0.220 e. The number of aliphatic hydroxyl groups is 5. The molecule has 472 valence electrons. The Morgan fingerprint density at radius 2 is 0.756 bits per heavy atom. The van der Waals surface area contributed by atoms with Crippen LogP contribution in [0.15, 0.2) is 109 Å². The Kier molecular flexibility index (Phi) is 57.1. The lowest BCUT2D eigenvalue weighted by atomic mass is 9.99. The third-order valence-electron chi connectivity index (χ3n) is 15.6. The van der Waals surface area contributed by atoms with Gasteiger partial charge in [-0.15, -0.1) is 0 Å².